The molecule has 17 heavy (non-hydrogen) atoms. The van der Waals surface area contributed by atoms with Crippen molar-refractivity contribution in [1.82, 2.24) is 10.2 Å². The number of hydrogen-bond acceptors (Lipinski definition) is 2. The number of halogens is 1. The number of rotatable bonds is 5. The summed E-state index contributed by atoms with van der Waals surface area (Å²) in [5, 5.41) is 4.12. The minimum Gasteiger partial charge on any atom is -0.314 e. The first-order valence-corrected chi connectivity index (χ1v) is 6.38. The third kappa shape index (κ3) is 4.30. The second-order valence-electron chi connectivity index (χ2n) is 5.28. The molecule has 1 unspecified atom stereocenters. The fourth-order valence-electron chi connectivity index (χ4n) is 1.84. The topological polar surface area (TPSA) is 15.3 Å². The molecular formula is C14H23ClN2. The number of nitrogens with one attached hydrogen (secondary N) is 1. The first-order chi connectivity index (χ1) is 7.85. The van der Waals surface area contributed by atoms with Crippen molar-refractivity contribution in [3.63, 3.8) is 0 Å². The Morgan fingerprint density at radius 1 is 1.29 bits per heavy atom. The van der Waals surface area contributed by atoms with Crippen LogP contribution < -0.4 is 5.32 Å². The first-order valence-electron chi connectivity index (χ1n) is 6.00. The van der Waals surface area contributed by atoms with Crippen LogP contribution in [-0.2, 0) is 0 Å². The lowest BCUT2D eigenvalue weighted by Gasteiger charge is -2.33. The minimum atomic E-state index is 0.120. The highest BCUT2D eigenvalue weighted by molar-refractivity contribution is 6.30. The van der Waals surface area contributed by atoms with Crippen LogP contribution in [0.25, 0.3) is 0 Å². The molecule has 2 nitrogen and oxygen atoms in total. The molecule has 0 saturated carbocycles. The lowest BCUT2D eigenvalue weighted by molar-refractivity contribution is 0.197. The molecule has 1 N–H and O–H groups in total. The summed E-state index contributed by atoms with van der Waals surface area (Å²) in [4.78, 5) is 2.35. The zero-order valence-electron chi connectivity index (χ0n) is 11.4. The molecule has 0 radical (unpaired) electrons. The average Bonchev–Trinajstić information content (AvgIpc) is 2.28. The Morgan fingerprint density at radius 2 is 1.82 bits per heavy atom. The van der Waals surface area contributed by atoms with Crippen LogP contribution in [0.2, 0.25) is 5.02 Å². The van der Waals surface area contributed by atoms with Crippen LogP contribution in [0.4, 0.5) is 0 Å². The molecule has 1 aromatic carbocycles. The Morgan fingerprint density at radius 3 is 2.29 bits per heavy atom. The van der Waals surface area contributed by atoms with Gasteiger partial charge in [-0.3, -0.25) is 4.90 Å². The van der Waals surface area contributed by atoms with Crippen LogP contribution in [0, 0.1) is 0 Å². The Labute approximate surface area is 110 Å². The summed E-state index contributed by atoms with van der Waals surface area (Å²) in [6.07, 6.45) is 0. The molecule has 0 aliphatic carbocycles. The Kier molecular flexibility index (Phi) is 4.99. The van der Waals surface area contributed by atoms with Crippen molar-refractivity contribution in [3.05, 3.63) is 34.9 Å². The molecule has 0 aliphatic rings. The van der Waals surface area contributed by atoms with Crippen LogP contribution in [-0.4, -0.2) is 31.1 Å². The third-order valence-corrected chi connectivity index (χ3v) is 3.59. The molecule has 96 valence electrons. The van der Waals surface area contributed by atoms with E-state index >= 15 is 0 Å². The highest BCUT2D eigenvalue weighted by Gasteiger charge is 2.21. The van der Waals surface area contributed by atoms with Gasteiger partial charge in [-0.05, 0) is 52.6 Å². The smallest absolute Gasteiger partial charge is 0.0406 e. The quantitative estimate of drug-likeness (QED) is 0.867. The van der Waals surface area contributed by atoms with Gasteiger partial charge in [0, 0.05) is 23.1 Å². The second-order valence-corrected chi connectivity index (χ2v) is 5.71. The summed E-state index contributed by atoms with van der Waals surface area (Å²) in [5.41, 5.74) is 1.42. The Bertz CT molecular complexity index is 346. The van der Waals surface area contributed by atoms with E-state index in [1.807, 2.05) is 19.2 Å². The van der Waals surface area contributed by atoms with Gasteiger partial charge in [-0.25, -0.2) is 0 Å². The number of benzene rings is 1. The fourth-order valence-corrected chi connectivity index (χ4v) is 1.96. The van der Waals surface area contributed by atoms with Crippen molar-refractivity contribution in [2.24, 2.45) is 0 Å². The van der Waals surface area contributed by atoms with E-state index in [0.717, 1.165) is 11.6 Å². The normalized spacial score (nSPS) is 14.1. The zero-order chi connectivity index (χ0) is 13.1. The largest absolute Gasteiger partial charge is 0.314 e. The van der Waals surface area contributed by atoms with E-state index in [9.17, 15) is 0 Å². The van der Waals surface area contributed by atoms with Gasteiger partial charge in [-0.1, -0.05) is 23.7 Å². The number of hydrogen-bond donors (Lipinski definition) is 1. The van der Waals surface area contributed by atoms with Crippen LogP contribution >= 0.6 is 11.6 Å². The van der Waals surface area contributed by atoms with Crippen molar-refractivity contribution in [3.8, 4) is 0 Å². The van der Waals surface area contributed by atoms with E-state index in [4.69, 9.17) is 11.6 Å². The summed E-state index contributed by atoms with van der Waals surface area (Å²) in [6.45, 7) is 7.62. The zero-order valence-corrected chi connectivity index (χ0v) is 12.2. The van der Waals surface area contributed by atoms with E-state index in [2.05, 4.69) is 50.2 Å². The van der Waals surface area contributed by atoms with Gasteiger partial charge in [0.1, 0.15) is 0 Å². The standard InChI is InChI=1S/C14H23ClN2/c1-11(12-6-8-13(15)9-7-12)17(5)10-14(2,3)16-4/h6-9,11,16H,10H2,1-5H3. The molecule has 0 bridgehead atoms. The van der Waals surface area contributed by atoms with Crippen LogP contribution in [0.3, 0.4) is 0 Å². The van der Waals surface area contributed by atoms with Gasteiger partial charge in [0.05, 0.1) is 0 Å². The number of nitrogens with zero attached hydrogens (tertiary/aromatic N) is 1. The van der Waals surface area contributed by atoms with Gasteiger partial charge in [0.25, 0.3) is 0 Å². The van der Waals surface area contributed by atoms with E-state index in [1.54, 1.807) is 0 Å². The highest BCUT2D eigenvalue weighted by atomic mass is 35.5. The maximum absolute atomic E-state index is 5.90. The van der Waals surface area contributed by atoms with Crippen LogP contribution in [0.1, 0.15) is 32.4 Å². The summed E-state index contributed by atoms with van der Waals surface area (Å²) in [6, 6.07) is 8.47. The predicted octanol–water partition coefficient (Wildman–Crippen LogP) is 3.33. The van der Waals surface area contributed by atoms with E-state index < -0.39 is 0 Å². The highest BCUT2D eigenvalue weighted by Crippen LogP contribution is 2.22. The Hall–Kier alpha value is -0.570. The summed E-state index contributed by atoms with van der Waals surface area (Å²) < 4.78 is 0. The fraction of sp³-hybridized carbons (Fsp3) is 0.571. The third-order valence-electron chi connectivity index (χ3n) is 3.34. The van der Waals surface area contributed by atoms with Gasteiger partial charge >= 0.3 is 0 Å². The van der Waals surface area contributed by atoms with Crippen LogP contribution in [0.15, 0.2) is 24.3 Å². The minimum absolute atomic E-state index is 0.120. The molecule has 1 rings (SSSR count). The van der Waals surface area contributed by atoms with Gasteiger partial charge in [-0.15, -0.1) is 0 Å². The monoisotopic (exact) mass is 254 g/mol. The second kappa shape index (κ2) is 5.85. The molecule has 0 amide bonds. The SMILES string of the molecule is CNC(C)(C)CN(C)C(C)c1ccc(Cl)cc1. The van der Waals surface area contributed by atoms with E-state index in [1.165, 1.54) is 5.56 Å². The number of likely N-dealkylation sites (N-methyl/N-ethyl adjacent to an activating group) is 2. The van der Waals surface area contributed by atoms with E-state index in [-0.39, 0.29) is 5.54 Å². The van der Waals surface area contributed by atoms with Crippen LogP contribution in [0.5, 0.6) is 0 Å². The van der Waals surface area contributed by atoms with Gasteiger partial charge in [0.15, 0.2) is 0 Å². The summed E-state index contributed by atoms with van der Waals surface area (Å²) >= 11 is 5.90. The van der Waals surface area contributed by atoms with Gasteiger partial charge in [0.2, 0.25) is 0 Å². The molecule has 0 heterocycles. The predicted molar refractivity (Wildman–Crippen MR) is 75.6 cm³/mol. The van der Waals surface area contributed by atoms with Crippen molar-refractivity contribution < 1.29 is 0 Å². The molecule has 3 heteroatoms. The molecule has 0 aromatic heterocycles. The molecular weight excluding hydrogens is 232 g/mol. The molecule has 1 atom stereocenters. The lowest BCUT2D eigenvalue weighted by Crippen LogP contribution is -2.46. The molecule has 0 fully saturated rings. The van der Waals surface area contributed by atoms with Gasteiger partial charge in [-0.2, -0.15) is 0 Å². The maximum Gasteiger partial charge on any atom is 0.0406 e. The Balaban J connectivity index is 2.69. The summed E-state index contributed by atoms with van der Waals surface area (Å²) in [5.74, 6) is 0. The maximum atomic E-state index is 5.90. The van der Waals surface area contributed by atoms with Crippen molar-refractivity contribution in [2.75, 3.05) is 20.6 Å². The molecule has 0 spiro atoms. The first kappa shape index (κ1) is 14.5. The van der Waals surface area contributed by atoms with Crippen molar-refractivity contribution in [1.29, 1.82) is 0 Å². The average molecular weight is 255 g/mol. The molecule has 0 aliphatic heterocycles. The molecule has 0 saturated heterocycles. The van der Waals surface area contributed by atoms with Crippen molar-refractivity contribution >= 4 is 11.6 Å². The lowest BCUT2D eigenvalue weighted by atomic mass is 10.0. The van der Waals surface area contributed by atoms with Gasteiger partial charge < -0.3 is 5.32 Å². The van der Waals surface area contributed by atoms with E-state index in [0.29, 0.717) is 6.04 Å². The molecule has 1 aromatic rings. The van der Waals surface area contributed by atoms with Crippen molar-refractivity contribution in [2.45, 2.75) is 32.4 Å². The summed E-state index contributed by atoms with van der Waals surface area (Å²) in [7, 11) is 4.15.